The van der Waals surface area contributed by atoms with E-state index in [1.165, 1.54) is 18.7 Å². The maximum Gasteiger partial charge on any atom is 0.272 e. The summed E-state index contributed by atoms with van der Waals surface area (Å²) in [5.74, 6) is 0.702. The first-order valence-corrected chi connectivity index (χ1v) is 10.2. The van der Waals surface area contributed by atoms with E-state index in [2.05, 4.69) is 38.6 Å². The standard InChI is InChI=1S/C20H25ClFN5O/c1-12(2)8-15-10-26-7-3-4-14(26)11-27(15)19-17(21)20(28)25-18(24-19)13-5-6-23-16(22)9-13/h5-6,9,12,14-15H,3-4,7-8,10-11H2,1-2H3,(H,24,25,28)/t14-,15-/m0/s1. The molecule has 2 aromatic heterocycles. The number of halogens is 2. The number of aromatic amines is 1. The highest BCUT2D eigenvalue weighted by molar-refractivity contribution is 6.32. The highest BCUT2D eigenvalue weighted by atomic mass is 35.5. The summed E-state index contributed by atoms with van der Waals surface area (Å²) < 4.78 is 13.6. The third kappa shape index (κ3) is 3.78. The first kappa shape index (κ1) is 19.3. The summed E-state index contributed by atoms with van der Waals surface area (Å²) in [6.45, 7) is 7.29. The molecule has 2 atom stereocenters. The van der Waals surface area contributed by atoms with E-state index in [0.717, 1.165) is 32.5 Å². The van der Waals surface area contributed by atoms with Crippen molar-refractivity contribution in [1.29, 1.82) is 0 Å². The summed E-state index contributed by atoms with van der Waals surface area (Å²) in [7, 11) is 0. The molecule has 0 unspecified atom stereocenters. The Balaban J connectivity index is 1.76. The molecule has 8 heteroatoms. The average Bonchev–Trinajstić information content (AvgIpc) is 3.10. The van der Waals surface area contributed by atoms with Crippen molar-refractivity contribution in [1.82, 2.24) is 19.9 Å². The van der Waals surface area contributed by atoms with Gasteiger partial charge in [0.05, 0.1) is 0 Å². The van der Waals surface area contributed by atoms with E-state index in [0.29, 0.717) is 29.2 Å². The van der Waals surface area contributed by atoms with Crippen molar-refractivity contribution in [3.05, 3.63) is 39.7 Å². The fraction of sp³-hybridized carbons (Fsp3) is 0.550. The summed E-state index contributed by atoms with van der Waals surface area (Å²) in [5.41, 5.74) is 0.0680. The Labute approximate surface area is 168 Å². The van der Waals surface area contributed by atoms with Gasteiger partial charge in [0.15, 0.2) is 5.82 Å². The lowest BCUT2D eigenvalue weighted by molar-refractivity contribution is 0.185. The van der Waals surface area contributed by atoms with Gasteiger partial charge < -0.3 is 9.88 Å². The molecule has 28 heavy (non-hydrogen) atoms. The molecule has 0 aromatic carbocycles. The van der Waals surface area contributed by atoms with E-state index in [-0.39, 0.29) is 11.1 Å². The maximum atomic E-state index is 13.6. The Morgan fingerprint density at radius 1 is 1.39 bits per heavy atom. The van der Waals surface area contributed by atoms with Gasteiger partial charge in [-0.2, -0.15) is 4.39 Å². The first-order chi connectivity index (χ1) is 13.4. The third-order valence-electron chi connectivity index (χ3n) is 5.65. The van der Waals surface area contributed by atoms with Gasteiger partial charge in [0.1, 0.15) is 10.8 Å². The second kappa shape index (κ2) is 7.79. The van der Waals surface area contributed by atoms with Crippen LogP contribution in [0.2, 0.25) is 5.02 Å². The van der Waals surface area contributed by atoms with Gasteiger partial charge in [0, 0.05) is 43.0 Å². The molecular weight excluding hydrogens is 381 g/mol. The monoisotopic (exact) mass is 405 g/mol. The predicted molar refractivity (Wildman–Crippen MR) is 108 cm³/mol. The van der Waals surface area contributed by atoms with Crippen molar-refractivity contribution in [2.75, 3.05) is 24.5 Å². The van der Waals surface area contributed by atoms with Crippen LogP contribution in [0.4, 0.5) is 10.2 Å². The topological polar surface area (TPSA) is 65.1 Å². The number of anilines is 1. The van der Waals surface area contributed by atoms with Crippen molar-refractivity contribution in [2.45, 2.75) is 45.2 Å². The van der Waals surface area contributed by atoms with E-state index in [9.17, 15) is 9.18 Å². The number of aromatic nitrogens is 3. The molecule has 6 nitrogen and oxygen atoms in total. The zero-order valence-electron chi connectivity index (χ0n) is 16.2. The second-order valence-corrected chi connectivity index (χ2v) is 8.52. The molecule has 0 saturated carbocycles. The van der Waals surface area contributed by atoms with Crippen molar-refractivity contribution in [2.24, 2.45) is 5.92 Å². The third-order valence-corrected chi connectivity index (χ3v) is 5.99. The van der Waals surface area contributed by atoms with Crippen LogP contribution >= 0.6 is 11.6 Å². The number of fused-ring (bicyclic) bond motifs is 1. The van der Waals surface area contributed by atoms with Crippen LogP contribution in [0.25, 0.3) is 11.4 Å². The normalized spacial score (nSPS) is 22.7. The second-order valence-electron chi connectivity index (χ2n) is 8.15. The molecular formula is C20H25ClFN5O. The number of nitrogens with one attached hydrogen (secondary N) is 1. The Kier molecular flexibility index (Phi) is 5.38. The van der Waals surface area contributed by atoms with Gasteiger partial charge in [-0.05, 0) is 37.8 Å². The number of pyridine rings is 1. The smallest absolute Gasteiger partial charge is 0.272 e. The van der Waals surface area contributed by atoms with Crippen LogP contribution in [-0.2, 0) is 0 Å². The molecule has 4 rings (SSSR count). The molecule has 0 amide bonds. The van der Waals surface area contributed by atoms with Gasteiger partial charge in [-0.1, -0.05) is 25.4 Å². The summed E-state index contributed by atoms with van der Waals surface area (Å²) in [6, 6.07) is 3.58. The van der Waals surface area contributed by atoms with E-state index in [1.54, 1.807) is 6.07 Å². The van der Waals surface area contributed by atoms with Gasteiger partial charge in [-0.15, -0.1) is 0 Å². The Bertz CT molecular complexity index is 918. The predicted octanol–water partition coefficient (Wildman–Crippen LogP) is 3.32. The molecule has 4 heterocycles. The van der Waals surface area contributed by atoms with Crippen molar-refractivity contribution >= 4 is 17.4 Å². The molecule has 2 aromatic rings. The molecule has 2 aliphatic rings. The van der Waals surface area contributed by atoms with Crippen molar-refractivity contribution in [3.63, 3.8) is 0 Å². The maximum absolute atomic E-state index is 13.6. The summed E-state index contributed by atoms with van der Waals surface area (Å²) in [6.07, 6.45) is 4.70. The van der Waals surface area contributed by atoms with E-state index in [1.807, 2.05) is 0 Å². The van der Waals surface area contributed by atoms with Gasteiger partial charge >= 0.3 is 0 Å². The zero-order chi connectivity index (χ0) is 19.8. The fourth-order valence-corrected chi connectivity index (χ4v) is 4.61. The first-order valence-electron chi connectivity index (χ1n) is 9.85. The minimum Gasteiger partial charge on any atom is -0.349 e. The minimum atomic E-state index is -0.617. The Morgan fingerprint density at radius 2 is 2.21 bits per heavy atom. The van der Waals surface area contributed by atoms with E-state index < -0.39 is 11.5 Å². The molecule has 0 aliphatic carbocycles. The lowest BCUT2D eigenvalue weighted by Crippen LogP contribution is -2.57. The molecule has 2 aliphatic heterocycles. The summed E-state index contributed by atoms with van der Waals surface area (Å²) in [4.78, 5) is 28.2. The lowest BCUT2D eigenvalue weighted by atomic mass is 9.98. The van der Waals surface area contributed by atoms with Gasteiger partial charge in [-0.25, -0.2) is 9.97 Å². The van der Waals surface area contributed by atoms with Crippen LogP contribution in [-0.4, -0.2) is 51.6 Å². The van der Waals surface area contributed by atoms with Crippen LogP contribution in [0.5, 0.6) is 0 Å². The van der Waals surface area contributed by atoms with Crippen LogP contribution in [0, 0.1) is 11.9 Å². The Morgan fingerprint density at radius 3 is 2.96 bits per heavy atom. The van der Waals surface area contributed by atoms with Crippen LogP contribution in [0.15, 0.2) is 23.1 Å². The SMILES string of the molecule is CC(C)C[C@H]1CN2CCC[C@H]2CN1c1nc(-c2ccnc(F)c2)[nH]c(=O)c1Cl. The summed E-state index contributed by atoms with van der Waals surface area (Å²) >= 11 is 6.41. The van der Waals surface area contributed by atoms with E-state index >= 15 is 0 Å². The van der Waals surface area contributed by atoms with Gasteiger partial charge in [0.2, 0.25) is 5.95 Å². The van der Waals surface area contributed by atoms with Crippen LogP contribution in [0.3, 0.4) is 0 Å². The average molecular weight is 406 g/mol. The number of nitrogens with zero attached hydrogens (tertiary/aromatic N) is 4. The van der Waals surface area contributed by atoms with Crippen molar-refractivity contribution in [3.8, 4) is 11.4 Å². The fourth-order valence-electron chi connectivity index (χ4n) is 4.42. The molecule has 0 spiro atoms. The highest BCUT2D eigenvalue weighted by Gasteiger charge is 2.38. The van der Waals surface area contributed by atoms with Gasteiger partial charge in [0.25, 0.3) is 5.56 Å². The molecule has 150 valence electrons. The van der Waals surface area contributed by atoms with Crippen LogP contribution < -0.4 is 10.5 Å². The highest BCUT2D eigenvalue weighted by Crippen LogP contribution is 2.33. The van der Waals surface area contributed by atoms with Crippen molar-refractivity contribution < 1.29 is 4.39 Å². The van der Waals surface area contributed by atoms with Gasteiger partial charge in [-0.3, -0.25) is 9.69 Å². The number of H-pyrrole nitrogens is 1. The van der Waals surface area contributed by atoms with Crippen LogP contribution in [0.1, 0.15) is 33.1 Å². The lowest BCUT2D eigenvalue weighted by Gasteiger charge is -2.45. The molecule has 2 saturated heterocycles. The summed E-state index contributed by atoms with van der Waals surface area (Å²) in [5, 5.41) is 0.0958. The Hall–Kier alpha value is -1.99. The number of hydrogen-bond acceptors (Lipinski definition) is 5. The molecule has 0 bridgehead atoms. The number of rotatable bonds is 4. The molecule has 0 radical (unpaired) electrons. The quantitative estimate of drug-likeness (QED) is 0.790. The number of hydrogen-bond donors (Lipinski definition) is 1. The van der Waals surface area contributed by atoms with E-state index in [4.69, 9.17) is 11.6 Å². The minimum absolute atomic E-state index is 0.0958. The largest absolute Gasteiger partial charge is 0.349 e. The molecule has 2 fully saturated rings. The molecule has 1 N–H and O–H groups in total. The zero-order valence-corrected chi connectivity index (χ0v) is 16.9. The number of piperazine rings is 1.